The van der Waals surface area contributed by atoms with Crippen LogP contribution < -0.4 is 16.0 Å². The van der Waals surface area contributed by atoms with E-state index in [4.69, 9.17) is 9.47 Å². The molecule has 1 aromatic rings. The molecule has 0 aliphatic carbocycles. The number of hydrogen-bond acceptors (Lipinski definition) is 9. The highest BCUT2D eigenvalue weighted by molar-refractivity contribution is 5.83. The molecule has 1 fully saturated rings. The summed E-state index contributed by atoms with van der Waals surface area (Å²) in [5.41, 5.74) is 0.715. The number of hydrogen-bond donors (Lipinski definition) is 5. The summed E-state index contributed by atoms with van der Waals surface area (Å²) in [5.74, 6) is -1.12. The standard InChI is InChI=1S/C39H69N5O7/c1-13-25(6)34(43(10)39(49)33(24(4)5)42-38(48)32(40-9)23(2)3)30(50-11)22-31(45)44-21-17-20-29(44)36(51-12)26(7)37(47)41-27(8)35(46)28-18-15-14-16-19-28/h14-16,18-19,23-27,29-30,32-36,38,40,42,46,48H,13,17,20-22H2,1-12H3,(H,41,47)/t25-,26+,27+,29-,30+,32-,33-,34?,35+,36+,38?/m0/s1. The van der Waals surface area contributed by atoms with Gasteiger partial charge in [0, 0.05) is 33.9 Å². The third-order valence-electron chi connectivity index (χ3n) is 10.9. The van der Waals surface area contributed by atoms with Gasteiger partial charge in [-0.15, -0.1) is 0 Å². The van der Waals surface area contributed by atoms with Gasteiger partial charge < -0.3 is 40.1 Å². The minimum atomic E-state index is -0.941. The predicted molar refractivity (Wildman–Crippen MR) is 201 cm³/mol. The molecule has 5 N–H and O–H groups in total. The Morgan fingerprint density at radius 1 is 0.980 bits per heavy atom. The molecular formula is C39H69N5O7. The van der Waals surface area contributed by atoms with Gasteiger partial charge in [0.2, 0.25) is 17.7 Å². The molecule has 51 heavy (non-hydrogen) atoms. The molecule has 11 atom stereocenters. The van der Waals surface area contributed by atoms with E-state index < -0.39 is 48.6 Å². The zero-order valence-electron chi connectivity index (χ0n) is 33.3. The van der Waals surface area contributed by atoms with Crippen LogP contribution in [-0.4, -0.2) is 121 Å². The van der Waals surface area contributed by atoms with Crippen molar-refractivity contribution in [1.82, 2.24) is 25.8 Å². The van der Waals surface area contributed by atoms with Gasteiger partial charge in [0.25, 0.3) is 0 Å². The summed E-state index contributed by atoms with van der Waals surface area (Å²) in [4.78, 5) is 45.2. The minimum absolute atomic E-state index is 0.00759. The van der Waals surface area contributed by atoms with E-state index in [-0.39, 0.29) is 54.0 Å². The van der Waals surface area contributed by atoms with Crippen molar-refractivity contribution in [3.05, 3.63) is 35.9 Å². The van der Waals surface area contributed by atoms with Gasteiger partial charge in [-0.3, -0.25) is 19.7 Å². The highest BCUT2D eigenvalue weighted by atomic mass is 16.5. The van der Waals surface area contributed by atoms with Crippen LogP contribution >= 0.6 is 0 Å². The summed E-state index contributed by atoms with van der Waals surface area (Å²) >= 11 is 0. The number of carbonyl (C=O) groups is 3. The molecule has 1 aliphatic rings. The Bertz CT molecular complexity index is 1200. The summed E-state index contributed by atoms with van der Waals surface area (Å²) < 4.78 is 11.9. The fourth-order valence-electron chi connectivity index (χ4n) is 7.59. The summed E-state index contributed by atoms with van der Waals surface area (Å²) in [6.45, 7) is 16.1. The van der Waals surface area contributed by atoms with Crippen LogP contribution in [-0.2, 0) is 23.9 Å². The van der Waals surface area contributed by atoms with Crippen LogP contribution in [0.1, 0.15) is 92.7 Å². The predicted octanol–water partition coefficient (Wildman–Crippen LogP) is 3.32. The molecule has 12 heteroatoms. The van der Waals surface area contributed by atoms with Crippen LogP contribution in [0.3, 0.4) is 0 Å². The van der Waals surface area contributed by atoms with Gasteiger partial charge in [-0.2, -0.15) is 0 Å². The van der Waals surface area contributed by atoms with Crippen molar-refractivity contribution in [2.24, 2.45) is 23.7 Å². The number of aliphatic hydroxyl groups excluding tert-OH is 2. The second-order valence-electron chi connectivity index (χ2n) is 15.1. The third kappa shape index (κ3) is 11.7. The number of likely N-dealkylation sites (N-methyl/N-ethyl adjacent to an activating group) is 2. The van der Waals surface area contributed by atoms with Gasteiger partial charge in [0.05, 0.1) is 54.8 Å². The maximum Gasteiger partial charge on any atom is 0.240 e. The Hall–Kier alpha value is -2.61. The second kappa shape index (κ2) is 21.2. The first-order chi connectivity index (χ1) is 24.0. The molecular weight excluding hydrogens is 650 g/mol. The number of aliphatic hydroxyl groups is 2. The highest BCUT2D eigenvalue weighted by Crippen LogP contribution is 2.30. The van der Waals surface area contributed by atoms with Crippen molar-refractivity contribution in [3.63, 3.8) is 0 Å². The van der Waals surface area contributed by atoms with Gasteiger partial charge in [-0.1, -0.05) is 85.2 Å². The molecule has 0 radical (unpaired) electrons. The molecule has 0 saturated carbocycles. The number of likely N-dealkylation sites (tertiary alicyclic amines) is 1. The molecule has 0 bridgehead atoms. The largest absolute Gasteiger partial charge is 0.386 e. The SMILES string of the molecule is CC[C@H](C)C([C@@H](CC(=O)N1CCC[C@H]1[C@H](OC)[C@@H](C)C(=O)N[C@H](C)[C@@H](O)c1ccccc1)OC)N(C)C(=O)[C@@H](NC(O)[C@@H](NC)C(C)C)C(C)C. The fraction of sp³-hybridized carbons (Fsp3) is 0.769. The number of nitrogens with zero attached hydrogens (tertiary/aromatic N) is 2. The average molecular weight is 720 g/mol. The van der Waals surface area contributed by atoms with Gasteiger partial charge in [-0.05, 0) is 50.1 Å². The first-order valence-corrected chi connectivity index (χ1v) is 18.8. The fourth-order valence-corrected chi connectivity index (χ4v) is 7.59. The summed E-state index contributed by atoms with van der Waals surface area (Å²) in [6, 6.07) is 7.02. The number of benzene rings is 1. The van der Waals surface area contributed by atoms with Gasteiger partial charge in [0.1, 0.15) is 6.23 Å². The number of carbonyl (C=O) groups excluding carboxylic acids is 3. The first-order valence-electron chi connectivity index (χ1n) is 18.8. The zero-order valence-corrected chi connectivity index (χ0v) is 33.3. The monoisotopic (exact) mass is 720 g/mol. The summed E-state index contributed by atoms with van der Waals surface area (Å²) in [7, 11) is 6.68. The molecule has 0 spiro atoms. The minimum Gasteiger partial charge on any atom is -0.386 e. The average Bonchev–Trinajstić information content (AvgIpc) is 3.59. The number of ether oxygens (including phenoxy) is 2. The molecule has 2 unspecified atom stereocenters. The van der Waals surface area contributed by atoms with Crippen molar-refractivity contribution in [2.45, 2.75) is 136 Å². The van der Waals surface area contributed by atoms with E-state index in [1.807, 2.05) is 58.0 Å². The van der Waals surface area contributed by atoms with Crippen LogP contribution in [0.25, 0.3) is 0 Å². The Labute approximate surface area is 307 Å². The Morgan fingerprint density at radius 3 is 2.12 bits per heavy atom. The van der Waals surface area contributed by atoms with Gasteiger partial charge in [-0.25, -0.2) is 0 Å². The van der Waals surface area contributed by atoms with Crippen LogP contribution in [0.2, 0.25) is 0 Å². The van der Waals surface area contributed by atoms with E-state index in [1.54, 1.807) is 52.0 Å². The Balaban J connectivity index is 2.24. The molecule has 0 aromatic heterocycles. The number of rotatable bonds is 21. The summed E-state index contributed by atoms with van der Waals surface area (Å²) in [5, 5.41) is 31.1. The molecule has 1 aliphatic heterocycles. The van der Waals surface area contributed by atoms with E-state index in [0.717, 1.165) is 12.8 Å². The molecule has 1 heterocycles. The normalized spacial score (nSPS) is 20.9. The lowest BCUT2D eigenvalue weighted by Crippen LogP contribution is -2.61. The number of nitrogens with one attached hydrogen (secondary N) is 3. The third-order valence-corrected chi connectivity index (χ3v) is 10.9. The van der Waals surface area contributed by atoms with E-state index >= 15 is 0 Å². The lowest BCUT2D eigenvalue weighted by atomic mass is 9.89. The molecule has 1 saturated heterocycles. The van der Waals surface area contributed by atoms with Crippen molar-refractivity contribution in [3.8, 4) is 0 Å². The summed E-state index contributed by atoms with van der Waals surface area (Å²) in [6.07, 6.45) is -0.707. The molecule has 2 rings (SSSR count). The smallest absolute Gasteiger partial charge is 0.240 e. The van der Waals surface area contributed by atoms with Gasteiger partial charge in [0.15, 0.2) is 0 Å². The number of amides is 3. The van der Waals surface area contributed by atoms with E-state index in [9.17, 15) is 24.6 Å². The highest BCUT2D eigenvalue weighted by Gasteiger charge is 2.43. The first kappa shape index (κ1) is 44.6. The lowest BCUT2D eigenvalue weighted by molar-refractivity contribution is -0.147. The molecule has 12 nitrogen and oxygen atoms in total. The van der Waals surface area contributed by atoms with Crippen molar-refractivity contribution in [2.75, 3.05) is 34.9 Å². The quantitative estimate of drug-likeness (QED) is 0.121. The van der Waals surface area contributed by atoms with E-state index in [2.05, 4.69) is 29.8 Å². The second-order valence-corrected chi connectivity index (χ2v) is 15.1. The topological polar surface area (TPSA) is 153 Å². The molecule has 3 amide bonds. The van der Waals surface area contributed by atoms with Crippen LogP contribution in [0.15, 0.2) is 30.3 Å². The van der Waals surface area contributed by atoms with Crippen molar-refractivity contribution in [1.29, 1.82) is 0 Å². The van der Waals surface area contributed by atoms with Crippen molar-refractivity contribution >= 4 is 17.7 Å². The van der Waals surface area contributed by atoms with Crippen LogP contribution in [0.5, 0.6) is 0 Å². The van der Waals surface area contributed by atoms with E-state index in [0.29, 0.717) is 18.5 Å². The number of methoxy groups -OCH3 is 2. The Morgan fingerprint density at radius 2 is 1.61 bits per heavy atom. The molecule has 292 valence electrons. The molecule has 1 aromatic carbocycles. The maximum absolute atomic E-state index is 14.2. The lowest BCUT2D eigenvalue weighted by Gasteiger charge is -2.41. The van der Waals surface area contributed by atoms with Gasteiger partial charge >= 0.3 is 0 Å². The van der Waals surface area contributed by atoms with Crippen LogP contribution in [0.4, 0.5) is 0 Å². The Kier molecular flexibility index (Phi) is 18.5. The van der Waals surface area contributed by atoms with Crippen molar-refractivity contribution < 1.29 is 34.1 Å². The zero-order chi connectivity index (χ0) is 38.6. The van der Waals surface area contributed by atoms with E-state index in [1.165, 1.54) is 0 Å². The maximum atomic E-state index is 14.2. The van der Waals surface area contributed by atoms with Crippen LogP contribution in [0, 0.1) is 23.7 Å².